The lowest BCUT2D eigenvalue weighted by Gasteiger charge is -1.98. The van der Waals surface area contributed by atoms with Crippen LogP contribution in [0.15, 0.2) is 52.9 Å². The van der Waals surface area contributed by atoms with Gasteiger partial charge < -0.3 is 9.52 Å². The molecule has 104 valence electrons. The van der Waals surface area contributed by atoms with Gasteiger partial charge in [-0.05, 0) is 30.3 Å². The number of aromatic carboxylic acids is 1. The first-order chi connectivity index (χ1) is 10.1. The number of nitrogens with zero attached hydrogens (tertiary/aromatic N) is 2. The SMILES string of the molecule is O=C(O)c1cccc(-c2nnc(-c3ccccc3F)o2)c1. The average molecular weight is 284 g/mol. The number of benzene rings is 2. The van der Waals surface area contributed by atoms with Crippen LogP contribution in [0.2, 0.25) is 0 Å². The standard InChI is InChI=1S/C15H9FN2O3/c16-12-7-2-1-6-11(12)14-18-17-13(21-14)9-4-3-5-10(8-9)15(19)20/h1-8H,(H,19,20). The van der Waals surface area contributed by atoms with Gasteiger partial charge in [0.1, 0.15) is 5.82 Å². The predicted molar refractivity (Wildman–Crippen MR) is 72.1 cm³/mol. The van der Waals surface area contributed by atoms with Crippen molar-refractivity contribution in [2.45, 2.75) is 0 Å². The van der Waals surface area contributed by atoms with Crippen molar-refractivity contribution in [3.8, 4) is 22.9 Å². The first-order valence-electron chi connectivity index (χ1n) is 6.07. The summed E-state index contributed by atoms with van der Waals surface area (Å²) in [6.07, 6.45) is 0. The molecule has 0 fully saturated rings. The maximum absolute atomic E-state index is 13.7. The van der Waals surface area contributed by atoms with Crippen LogP contribution in [0.4, 0.5) is 4.39 Å². The molecule has 1 aromatic heterocycles. The third-order valence-electron chi connectivity index (χ3n) is 2.89. The van der Waals surface area contributed by atoms with Gasteiger partial charge in [-0.3, -0.25) is 0 Å². The van der Waals surface area contributed by atoms with E-state index in [1.54, 1.807) is 24.3 Å². The van der Waals surface area contributed by atoms with Crippen LogP contribution in [0, 0.1) is 5.82 Å². The highest BCUT2D eigenvalue weighted by atomic mass is 19.1. The smallest absolute Gasteiger partial charge is 0.335 e. The second kappa shape index (κ2) is 5.16. The maximum atomic E-state index is 13.7. The predicted octanol–water partition coefficient (Wildman–Crippen LogP) is 3.24. The molecule has 21 heavy (non-hydrogen) atoms. The monoisotopic (exact) mass is 284 g/mol. The Balaban J connectivity index is 2.01. The minimum atomic E-state index is -1.05. The minimum absolute atomic E-state index is 0.0452. The molecule has 0 aliphatic rings. The van der Waals surface area contributed by atoms with Crippen molar-refractivity contribution in [2.75, 3.05) is 0 Å². The van der Waals surface area contributed by atoms with Crippen molar-refractivity contribution in [2.24, 2.45) is 0 Å². The zero-order valence-electron chi connectivity index (χ0n) is 10.7. The van der Waals surface area contributed by atoms with Crippen LogP contribution in [-0.2, 0) is 0 Å². The number of carbonyl (C=O) groups is 1. The Kier molecular flexibility index (Phi) is 3.19. The maximum Gasteiger partial charge on any atom is 0.335 e. The van der Waals surface area contributed by atoms with E-state index < -0.39 is 11.8 Å². The van der Waals surface area contributed by atoms with E-state index in [9.17, 15) is 9.18 Å². The molecule has 0 aliphatic carbocycles. The van der Waals surface area contributed by atoms with Crippen LogP contribution in [0.25, 0.3) is 22.9 Å². The van der Waals surface area contributed by atoms with E-state index in [-0.39, 0.29) is 22.9 Å². The van der Waals surface area contributed by atoms with Crippen molar-refractivity contribution >= 4 is 5.97 Å². The zero-order valence-corrected chi connectivity index (χ0v) is 10.7. The van der Waals surface area contributed by atoms with E-state index >= 15 is 0 Å². The lowest BCUT2D eigenvalue weighted by atomic mass is 10.1. The fourth-order valence-corrected chi connectivity index (χ4v) is 1.87. The molecule has 0 saturated carbocycles. The number of hydrogen-bond acceptors (Lipinski definition) is 4. The highest BCUT2D eigenvalue weighted by Crippen LogP contribution is 2.26. The van der Waals surface area contributed by atoms with Gasteiger partial charge in [-0.2, -0.15) is 0 Å². The molecule has 0 unspecified atom stereocenters. The first-order valence-corrected chi connectivity index (χ1v) is 6.07. The molecule has 0 atom stereocenters. The van der Waals surface area contributed by atoms with Gasteiger partial charge in [0.05, 0.1) is 11.1 Å². The number of carboxylic acids is 1. The molecule has 0 amide bonds. The fourth-order valence-electron chi connectivity index (χ4n) is 1.87. The number of rotatable bonds is 3. The van der Waals surface area contributed by atoms with Crippen molar-refractivity contribution in [1.82, 2.24) is 10.2 Å². The van der Waals surface area contributed by atoms with E-state index in [0.29, 0.717) is 5.56 Å². The summed E-state index contributed by atoms with van der Waals surface area (Å²) < 4.78 is 19.1. The molecule has 0 aliphatic heterocycles. The van der Waals surface area contributed by atoms with Crippen molar-refractivity contribution < 1.29 is 18.7 Å². The Morgan fingerprint density at radius 2 is 1.81 bits per heavy atom. The van der Waals surface area contributed by atoms with E-state index in [0.717, 1.165) is 0 Å². The van der Waals surface area contributed by atoms with Crippen LogP contribution in [0.1, 0.15) is 10.4 Å². The summed E-state index contributed by atoms with van der Waals surface area (Å²) in [5.41, 5.74) is 0.772. The molecule has 3 aromatic rings. The second-order valence-electron chi connectivity index (χ2n) is 4.28. The fraction of sp³-hybridized carbons (Fsp3) is 0. The van der Waals surface area contributed by atoms with E-state index in [2.05, 4.69) is 10.2 Å². The van der Waals surface area contributed by atoms with Crippen LogP contribution in [-0.4, -0.2) is 21.3 Å². The number of aromatic nitrogens is 2. The van der Waals surface area contributed by atoms with Gasteiger partial charge >= 0.3 is 5.97 Å². The lowest BCUT2D eigenvalue weighted by molar-refractivity contribution is 0.0697. The molecule has 3 rings (SSSR count). The minimum Gasteiger partial charge on any atom is -0.478 e. The topological polar surface area (TPSA) is 76.2 Å². The average Bonchev–Trinajstić information content (AvgIpc) is 2.97. The summed E-state index contributed by atoms with van der Waals surface area (Å²) >= 11 is 0. The molecular formula is C15H9FN2O3. The lowest BCUT2D eigenvalue weighted by Crippen LogP contribution is -1.95. The van der Waals surface area contributed by atoms with Crippen LogP contribution in [0.5, 0.6) is 0 Å². The van der Waals surface area contributed by atoms with Crippen LogP contribution in [0.3, 0.4) is 0 Å². The molecule has 6 heteroatoms. The molecule has 0 radical (unpaired) electrons. The Labute approximate surface area is 118 Å². The Hall–Kier alpha value is -3.02. The van der Waals surface area contributed by atoms with Crippen molar-refractivity contribution in [1.29, 1.82) is 0 Å². The molecule has 0 bridgehead atoms. The van der Waals surface area contributed by atoms with Crippen LogP contribution >= 0.6 is 0 Å². The van der Waals surface area contributed by atoms with Gasteiger partial charge in [-0.25, -0.2) is 9.18 Å². The number of carboxylic acid groups (broad SMARTS) is 1. The molecule has 5 nitrogen and oxygen atoms in total. The number of halogens is 1. The van der Waals surface area contributed by atoms with Gasteiger partial charge in [-0.15, -0.1) is 10.2 Å². The van der Waals surface area contributed by atoms with Crippen LogP contribution < -0.4 is 0 Å². The summed E-state index contributed by atoms with van der Waals surface area (Å²) in [5.74, 6) is -1.34. The molecule has 0 saturated heterocycles. The largest absolute Gasteiger partial charge is 0.478 e. The third kappa shape index (κ3) is 2.51. The zero-order chi connectivity index (χ0) is 14.8. The van der Waals surface area contributed by atoms with Gasteiger partial charge in [0, 0.05) is 5.56 Å². The summed E-state index contributed by atoms with van der Waals surface area (Å²) in [6.45, 7) is 0. The van der Waals surface area contributed by atoms with E-state index in [4.69, 9.17) is 9.52 Å². The normalized spacial score (nSPS) is 10.5. The molecule has 1 heterocycles. The summed E-state index contributed by atoms with van der Waals surface area (Å²) in [7, 11) is 0. The molecule has 2 aromatic carbocycles. The quantitative estimate of drug-likeness (QED) is 0.799. The van der Waals surface area contributed by atoms with Crippen molar-refractivity contribution in [3.05, 3.63) is 59.9 Å². The third-order valence-corrected chi connectivity index (χ3v) is 2.89. The highest BCUT2D eigenvalue weighted by Gasteiger charge is 2.14. The van der Waals surface area contributed by atoms with Gasteiger partial charge in [0.2, 0.25) is 5.89 Å². The summed E-state index contributed by atoms with van der Waals surface area (Å²) in [6, 6.07) is 12.1. The van der Waals surface area contributed by atoms with Gasteiger partial charge in [0.25, 0.3) is 5.89 Å². The Morgan fingerprint density at radius 3 is 2.57 bits per heavy atom. The molecule has 1 N–H and O–H groups in total. The molecular weight excluding hydrogens is 275 g/mol. The van der Waals surface area contributed by atoms with Gasteiger partial charge in [-0.1, -0.05) is 18.2 Å². The Morgan fingerprint density at radius 1 is 1.05 bits per heavy atom. The van der Waals surface area contributed by atoms with Gasteiger partial charge in [0.15, 0.2) is 0 Å². The highest BCUT2D eigenvalue weighted by molar-refractivity contribution is 5.88. The number of hydrogen-bond donors (Lipinski definition) is 1. The second-order valence-corrected chi connectivity index (χ2v) is 4.28. The summed E-state index contributed by atoms with van der Waals surface area (Å²) in [5, 5.41) is 16.6. The molecule has 0 spiro atoms. The van der Waals surface area contributed by atoms with Crippen molar-refractivity contribution in [3.63, 3.8) is 0 Å². The van der Waals surface area contributed by atoms with E-state index in [1.807, 2.05) is 0 Å². The Bertz CT molecular complexity index is 814. The first kappa shape index (κ1) is 13.0. The summed E-state index contributed by atoms with van der Waals surface area (Å²) in [4.78, 5) is 10.9. The van der Waals surface area contributed by atoms with E-state index in [1.165, 1.54) is 24.3 Å².